The molecule has 2 aromatic carbocycles. The molecule has 3 rings (SSSR count). The Morgan fingerprint density at radius 3 is 2.45 bits per heavy atom. The number of aliphatic hydroxyl groups is 1. The molecule has 29 heavy (non-hydrogen) atoms. The first-order valence-electron chi connectivity index (χ1n) is 8.79. The zero-order chi connectivity index (χ0) is 21.1. The molecule has 0 bridgehead atoms. The standard InChI is InChI=1S/C21H20FNO6/c1-28-10-9-23-18(12-3-6-14(24)7-4-12)17(20(26)21(23)27)19(25)15-11-13(22)5-8-16(15)29-2/h3-8,11,18,24-25H,9-10H2,1-2H3/b19-17+. The van der Waals surface area contributed by atoms with Crippen LogP contribution < -0.4 is 4.74 Å². The Balaban J connectivity index is 2.22. The van der Waals surface area contributed by atoms with Crippen molar-refractivity contribution in [1.82, 2.24) is 4.90 Å². The highest BCUT2D eigenvalue weighted by atomic mass is 19.1. The summed E-state index contributed by atoms with van der Waals surface area (Å²) in [6, 6.07) is 8.49. The molecular formula is C21H20FNO6. The number of hydrogen-bond acceptors (Lipinski definition) is 6. The summed E-state index contributed by atoms with van der Waals surface area (Å²) in [4.78, 5) is 26.7. The molecule has 1 atom stereocenters. The second-order valence-corrected chi connectivity index (χ2v) is 6.42. The highest BCUT2D eigenvalue weighted by Gasteiger charge is 2.46. The number of hydrogen-bond donors (Lipinski definition) is 2. The predicted octanol–water partition coefficient (Wildman–Crippen LogP) is 2.61. The first-order chi connectivity index (χ1) is 13.9. The summed E-state index contributed by atoms with van der Waals surface area (Å²) in [6.07, 6.45) is 0. The van der Waals surface area contributed by atoms with Crippen molar-refractivity contribution >= 4 is 17.4 Å². The molecule has 1 amide bonds. The number of aromatic hydroxyl groups is 1. The molecule has 0 saturated carbocycles. The van der Waals surface area contributed by atoms with E-state index in [9.17, 15) is 24.2 Å². The first-order valence-corrected chi connectivity index (χ1v) is 8.79. The molecule has 0 aromatic heterocycles. The molecule has 7 nitrogen and oxygen atoms in total. The lowest BCUT2D eigenvalue weighted by Crippen LogP contribution is -2.32. The van der Waals surface area contributed by atoms with Gasteiger partial charge in [0.25, 0.3) is 11.7 Å². The van der Waals surface area contributed by atoms with Crippen molar-refractivity contribution in [3.63, 3.8) is 0 Å². The van der Waals surface area contributed by atoms with E-state index < -0.39 is 29.3 Å². The quantitative estimate of drug-likeness (QED) is 0.439. The number of nitrogens with zero attached hydrogens (tertiary/aromatic N) is 1. The van der Waals surface area contributed by atoms with E-state index in [1.54, 1.807) is 12.1 Å². The highest BCUT2D eigenvalue weighted by molar-refractivity contribution is 6.46. The number of amides is 1. The van der Waals surface area contributed by atoms with Crippen LogP contribution in [-0.2, 0) is 14.3 Å². The molecule has 1 saturated heterocycles. The third-order valence-corrected chi connectivity index (χ3v) is 4.70. The minimum absolute atomic E-state index is 0.00870. The lowest BCUT2D eigenvalue weighted by molar-refractivity contribution is -0.140. The van der Waals surface area contributed by atoms with Gasteiger partial charge < -0.3 is 24.6 Å². The molecule has 1 heterocycles. The van der Waals surface area contributed by atoms with Crippen LogP contribution in [0.4, 0.5) is 4.39 Å². The maximum atomic E-state index is 13.8. The lowest BCUT2D eigenvalue weighted by atomic mass is 9.95. The topological polar surface area (TPSA) is 96.3 Å². The second-order valence-electron chi connectivity index (χ2n) is 6.42. The van der Waals surface area contributed by atoms with Gasteiger partial charge in [-0.25, -0.2) is 4.39 Å². The smallest absolute Gasteiger partial charge is 0.295 e. The summed E-state index contributed by atoms with van der Waals surface area (Å²) in [5.41, 5.74) is 0.261. The fourth-order valence-corrected chi connectivity index (χ4v) is 3.31. The Morgan fingerprint density at radius 1 is 1.14 bits per heavy atom. The van der Waals surface area contributed by atoms with Gasteiger partial charge in [-0.15, -0.1) is 0 Å². The molecule has 1 fully saturated rings. The SMILES string of the molecule is COCCN1C(=O)C(=O)/C(=C(/O)c2cc(F)ccc2OC)C1c1ccc(O)cc1. The fraction of sp³-hybridized carbons (Fsp3) is 0.238. The number of carbonyl (C=O) groups is 2. The summed E-state index contributed by atoms with van der Waals surface area (Å²) in [7, 11) is 2.81. The van der Waals surface area contributed by atoms with Crippen molar-refractivity contribution in [2.24, 2.45) is 0 Å². The van der Waals surface area contributed by atoms with Gasteiger partial charge in [0.2, 0.25) is 0 Å². The molecular weight excluding hydrogens is 381 g/mol. The zero-order valence-electron chi connectivity index (χ0n) is 15.9. The first kappa shape index (κ1) is 20.3. The number of aliphatic hydroxyl groups excluding tert-OH is 1. The van der Waals surface area contributed by atoms with Crippen molar-refractivity contribution in [3.8, 4) is 11.5 Å². The number of halogens is 1. The van der Waals surface area contributed by atoms with Gasteiger partial charge in [-0.05, 0) is 35.9 Å². The van der Waals surface area contributed by atoms with Gasteiger partial charge in [-0.2, -0.15) is 0 Å². The number of phenols is 1. The Morgan fingerprint density at radius 2 is 1.83 bits per heavy atom. The number of rotatable bonds is 6. The maximum absolute atomic E-state index is 13.8. The van der Waals surface area contributed by atoms with E-state index in [1.807, 2.05) is 0 Å². The van der Waals surface area contributed by atoms with Crippen LogP contribution in [-0.4, -0.2) is 54.2 Å². The Bertz CT molecular complexity index is 970. The summed E-state index contributed by atoms with van der Waals surface area (Å²) >= 11 is 0. The van der Waals surface area contributed by atoms with E-state index in [2.05, 4.69) is 0 Å². The van der Waals surface area contributed by atoms with Crippen LogP contribution in [0.3, 0.4) is 0 Å². The summed E-state index contributed by atoms with van der Waals surface area (Å²) in [5, 5.41) is 20.5. The number of likely N-dealkylation sites (tertiary alicyclic amines) is 1. The number of phenolic OH excluding ortho intramolecular Hbond substituents is 1. The lowest BCUT2D eigenvalue weighted by Gasteiger charge is -2.25. The number of benzene rings is 2. The van der Waals surface area contributed by atoms with Gasteiger partial charge in [0.1, 0.15) is 23.1 Å². The van der Waals surface area contributed by atoms with Gasteiger partial charge in [0, 0.05) is 13.7 Å². The van der Waals surface area contributed by atoms with Crippen molar-refractivity contribution < 1.29 is 33.7 Å². The van der Waals surface area contributed by atoms with E-state index in [4.69, 9.17) is 9.47 Å². The van der Waals surface area contributed by atoms with Crippen molar-refractivity contribution in [1.29, 1.82) is 0 Å². The number of carbonyl (C=O) groups excluding carboxylic acids is 2. The van der Waals surface area contributed by atoms with Crippen LogP contribution in [0.5, 0.6) is 11.5 Å². The molecule has 8 heteroatoms. The average molecular weight is 401 g/mol. The van der Waals surface area contributed by atoms with E-state index in [0.29, 0.717) is 5.56 Å². The minimum atomic E-state index is -0.932. The van der Waals surface area contributed by atoms with Crippen LogP contribution in [0.2, 0.25) is 0 Å². The molecule has 1 aliphatic rings. The van der Waals surface area contributed by atoms with E-state index >= 15 is 0 Å². The fourth-order valence-electron chi connectivity index (χ4n) is 3.31. The Labute approximate surface area is 166 Å². The Hall–Kier alpha value is -3.39. The third kappa shape index (κ3) is 3.79. The molecule has 0 radical (unpaired) electrons. The van der Waals surface area contributed by atoms with Gasteiger partial charge >= 0.3 is 0 Å². The van der Waals surface area contributed by atoms with Crippen molar-refractivity contribution in [2.75, 3.05) is 27.4 Å². The average Bonchev–Trinajstić information content (AvgIpc) is 2.97. The number of ether oxygens (including phenoxy) is 2. The highest BCUT2D eigenvalue weighted by Crippen LogP contribution is 2.41. The largest absolute Gasteiger partial charge is 0.508 e. The van der Waals surface area contributed by atoms with Crippen LogP contribution in [0.1, 0.15) is 17.2 Å². The van der Waals surface area contributed by atoms with E-state index in [-0.39, 0.29) is 35.8 Å². The van der Waals surface area contributed by atoms with Crippen molar-refractivity contribution in [3.05, 3.63) is 65.0 Å². The third-order valence-electron chi connectivity index (χ3n) is 4.70. The number of Topliss-reactive ketones (excluding diaryl/α,β-unsaturated/α-hetero) is 1. The van der Waals surface area contributed by atoms with Crippen LogP contribution in [0.25, 0.3) is 5.76 Å². The molecule has 0 aliphatic carbocycles. The number of methoxy groups -OCH3 is 2. The van der Waals surface area contributed by atoms with Crippen LogP contribution >= 0.6 is 0 Å². The molecule has 1 unspecified atom stereocenters. The molecule has 1 aliphatic heterocycles. The van der Waals surface area contributed by atoms with E-state index in [1.165, 1.54) is 37.3 Å². The monoisotopic (exact) mass is 401 g/mol. The minimum Gasteiger partial charge on any atom is -0.508 e. The van der Waals surface area contributed by atoms with Gasteiger partial charge in [0.05, 0.1) is 30.9 Å². The van der Waals surface area contributed by atoms with Crippen LogP contribution in [0, 0.1) is 5.82 Å². The zero-order valence-corrected chi connectivity index (χ0v) is 15.9. The van der Waals surface area contributed by atoms with E-state index in [0.717, 1.165) is 12.1 Å². The van der Waals surface area contributed by atoms with Gasteiger partial charge in [-0.1, -0.05) is 12.1 Å². The van der Waals surface area contributed by atoms with Gasteiger partial charge in [0.15, 0.2) is 0 Å². The van der Waals surface area contributed by atoms with Gasteiger partial charge in [-0.3, -0.25) is 9.59 Å². The normalized spacial score (nSPS) is 18.3. The molecule has 2 aromatic rings. The van der Waals surface area contributed by atoms with Crippen molar-refractivity contribution in [2.45, 2.75) is 6.04 Å². The summed E-state index contributed by atoms with van der Waals surface area (Å²) in [5.74, 6) is -2.73. The number of ketones is 1. The maximum Gasteiger partial charge on any atom is 0.295 e. The molecule has 2 N–H and O–H groups in total. The summed E-state index contributed by atoms with van der Waals surface area (Å²) < 4.78 is 24.0. The Kier molecular flexibility index (Phi) is 5.84. The predicted molar refractivity (Wildman–Crippen MR) is 102 cm³/mol. The summed E-state index contributed by atoms with van der Waals surface area (Å²) in [6.45, 7) is 0.272. The van der Waals surface area contributed by atoms with Crippen LogP contribution in [0.15, 0.2) is 48.0 Å². The molecule has 0 spiro atoms. The molecule has 152 valence electrons. The second kappa shape index (κ2) is 8.32.